The lowest BCUT2D eigenvalue weighted by Crippen LogP contribution is -2.13. The van der Waals surface area contributed by atoms with Crippen molar-refractivity contribution in [3.8, 4) is 0 Å². The Kier molecular flexibility index (Phi) is 3.57. The number of hydrogen-bond acceptors (Lipinski definition) is 3. The third kappa shape index (κ3) is 2.35. The van der Waals surface area contributed by atoms with Gasteiger partial charge in [-0.15, -0.1) is 11.8 Å². The van der Waals surface area contributed by atoms with E-state index in [4.69, 9.17) is 23.7 Å². The van der Waals surface area contributed by atoms with Crippen LogP contribution in [0.4, 0.5) is 5.69 Å². The van der Waals surface area contributed by atoms with Crippen LogP contribution >= 0.6 is 24.0 Å². The first-order chi connectivity index (χ1) is 6.16. The Bertz CT molecular complexity index is 323. The van der Waals surface area contributed by atoms with E-state index >= 15 is 0 Å². The number of nitrogens with two attached hydrogens (primary N) is 2. The molecule has 4 N–H and O–H groups in total. The minimum atomic E-state index is 0.369. The van der Waals surface area contributed by atoms with Gasteiger partial charge < -0.3 is 11.5 Å². The molecule has 0 aliphatic carbocycles. The van der Waals surface area contributed by atoms with Crippen LogP contribution in [-0.4, -0.2) is 10.7 Å². The van der Waals surface area contributed by atoms with Gasteiger partial charge in [0, 0.05) is 16.1 Å². The zero-order chi connectivity index (χ0) is 9.84. The van der Waals surface area contributed by atoms with E-state index in [0.717, 1.165) is 16.2 Å². The summed E-state index contributed by atoms with van der Waals surface area (Å²) in [5, 5.41) is 0. The second-order valence-corrected chi connectivity index (χ2v) is 4.26. The summed E-state index contributed by atoms with van der Waals surface area (Å²) >= 11 is 6.63. The molecule has 0 saturated carbocycles. The zero-order valence-electron chi connectivity index (χ0n) is 7.41. The van der Waals surface area contributed by atoms with Gasteiger partial charge in [0.1, 0.15) is 4.99 Å². The summed E-state index contributed by atoms with van der Waals surface area (Å²) in [5.41, 5.74) is 12.8. The highest BCUT2D eigenvalue weighted by molar-refractivity contribution is 7.99. The Morgan fingerprint density at radius 1 is 1.54 bits per heavy atom. The number of anilines is 1. The summed E-state index contributed by atoms with van der Waals surface area (Å²) in [5.74, 6) is 0.985. The zero-order valence-corrected chi connectivity index (χ0v) is 9.04. The number of nitrogen functional groups attached to an aromatic ring is 1. The number of hydrogen-bond donors (Lipinski definition) is 2. The molecule has 0 bridgehead atoms. The lowest BCUT2D eigenvalue weighted by Gasteiger charge is -2.08. The summed E-state index contributed by atoms with van der Waals surface area (Å²) in [7, 11) is 0. The van der Waals surface area contributed by atoms with Gasteiger partial charge in [0.15, 0.2) is 0 Å². The highest BCUT2D eigenvalue weighted by atomic mass is 32.2. The van der Waals surface area contributed by atoms with Gasteiger partial charge in [-0.05, 0) is 17.9 Å². The molecule has 0 unspecified atom stereocenters. The molecule has 0 aromatic heterocycles. The summed E-state index contributed by atoms with van der Waals surface area (Å²) < 4.78 is 0. The van der Waals surface area contributed by atoms with Crippen LogP contribution in [0, 0.1) is 0 Å². The minimum absolute atomic E-state index is 0.369. The molecule has 0 heterocycles. The lowest BCUT2D eigenvalue weighted by atomic mass is 10.2. The van der Waals surface area contributed by atoms with Gasteiger partial charge in [-0.1, -0.05) is 25.2 Å². The van der Waals surface area contributed by atoms with E-state index in [0.29, 0.717) is 10.7 Å². The first kappa shape index (κ1) is 10.3. The van der Waals surface area contributed by atoms with Gasteiger partial charge in [-0.2, -0.15) is 0 Å². The predicted molar refractivity (Wildman–Crippen MR) is 63.1 cm³/mol. The number of thiocarbonyl (C=S) groups is 1. The third-order valence-electron chi connectivity index (χ3n) is 1.60. The van der Waals surface area contributed by atoms with E-state index in [-0.39, 0.29) is 0 Å². The molecule has 70 valence electrons. The molecule has 0 aliphatic rings. The molecule has 1 aromatic carbocycles. The molecule has 0 fully saturated rings. The second-order valence-electron chi connectivity index (χ2n) is 2.52. The van der Waals surface area contributed by atoms with Gasteiger partial charge >= 0.3 is 0 Å². The standard InChI is InChI=1S/C9H12N2S2/c1-2-13-7-5-3-4-6(10)8(7)9(11)12/h3-5H,2,10H2,1H3,(H2,11,12). The Balaban J connectivity index is 3.17. The third-order valence-corrected chi connectivity index (χ3v) is 2.75. The molecule has 1 rings (SSSR count). The van der Waals surface area contributed by atoms with Crippen molar-refractivity contribution >= 4 is 34.7 Å². The Hall–Kier alpha value is -0.740. The van der Waals surface area contributed by atoms with Crippen molar-refractivity contribution in [2.75, 3.05) is 11.5 Å². The molecule has 0 atom stereocenters. The Morgan fingerprint density at radius 2 is 2.23 bits per heavy atom. The normalized spacial score (nSPS) is 9.92. The van der Waals surface area contributed by atoms with Crippen LogP contribution < -0.4 is 11.5 Å². The molecule has 2 nitrogen and oxygen atoms in total. The van der Waals surface area contributed by atoms with Gasteiger partial charge in [0.25, 0.3) is 0 Å². The predicted octanol–water partition coefficient (Wildman–Crippen LogP) is 2.02. The summed E-state index contributed by atoms with van der Waals surface area (Å²) in [6, 6.07) is 5.71. The molecular weight excluding hydrogens is 200 g/mol. The molecule has 0 amide bonds. The first-order valence-corrected chi connectivity index (χ1v) is 5.37. The second kappa shape index (κ2) is 4.48. The van der Waals surface area contributed by atoms with E-state index in [1.165, 1.54) is 0 Å². The van der Waals surface area contributed by atoms with Crippen LogP contribution in [0.2, 0.25) is 0 Å². The maximum atomic E-state index is 5.77. The molecule has 0 spiro atoms. The van der Waals surface area contributed by atoms with E-state index in [1.807, 2.05) is 18.2 Å². The number of rotatable bonds is 3. The van der Waals surface area contributed by atoms with Crippen molar-refractivity contribution in [1.29, 1.82) is 0 Å². The maximum absolute atomic E-state index is 5.77. The van der Waals surface area contributed by atoms with Crippen LogP contribution in [0.3, 0.4) is 0 Å². The monoisotopic (exact) mass is 212 g/mol. The topological polar surface area (TPSA) is 52.0 Å². The number of benzene rings is 1. The van der Waals surface area contributed by atoms with E-state index < -0.39 is 0 Å². The Labute approximate surface area is 87.7 Å². The molecule has 0 radical (unpaired) electrons. The molecule has 4 heteroatoms. The van der Waals surface area contributed by atoms with E-state index in [2.05, 4.69) is 6.92 Å². The average molecular weight is 212 g/mol. The van der Waals surface area contributed by atoms with Gasteiger partial charge in [0.05, 0.1) is 0 Å². The molecule has 0 saturated heterocycles. The van der Waals surface area contributed by atoms with Crippen LogP contribution in [0.1, 0.15) is 12.5 Å². The smallest absolute Gasteiger partial charge is 0.107 e. The number of thioether (sulfide) groups is 1. The van der Waals surface area contributed by atoms with Crippen molar-refractivity contribution in [2.45, 2.75) is 11.8 Å². The molecule has 0 aliphatic heterocycles. The van der Waals surface area contributed by atoms with Gasteiger partial charge in [-0.25, -0.2) is 0 Å². The quantitative estimate of drug-likeness (QED) is 0.457. The van der Waals surface area contributed by atoms with Gasteiger partial charge in [0.2, 0.25) is 0 Å². The summed E-state index contributed by atoms with van der Waals surface area (Å²) in [6.45, 7) is 2.08. The minimum Gasteiger partial charge on any atom is -0.398 e. The van der Waals surface area contributed by atoms with E-state index in [9.17, 15) is 0 Å². The van der Waals surface area contributed by atoms with Gasteiger partial charge in [-0.3, -0.25) is 0 Å². The fourth-order valence-electron chi connectivity index (χ4n) is 1.09. The van der Waals surface area contributed by atoms with Crippen molar-refractivity contribution in [3.63, 3.8) is 0 Å². The highest BCUT2D eigenvalue weighted by Gasteiger charge is 2.07. The van der Waals surface area contributed by atoms with Crippen LogP contribution in [-0.2, 0) is 0 Å². The lowest BCUT2D eigenvalue weighted by molar-refractivity contribution is 1.40. The molecule has 1 aromatic rings. The fraction of sp³-hybridized carbons (Fsp3) is 0.222. The SMILES string of the molecule is CCSc1cccc(N)c1C(N)=S. The van der Waals surface area contributed by atoms with Crippen LogP contribution in [0.15, 0.2) is 23.1 Å². The summed E-state index contributed by atoms with van der Waals surface area (Å²) in [6.07, 6.45) is 0. The fourth-order valence-corrected chi connectivity index (χ4v) is 2.24. The molecular formula is C9H12N2S2. The molecule has 13 heavy (non-hydrogen) atoms. The van der Waals surface area contributed by atoms with Crippen molar-refractivity contribution in [2.24, 2.45) is 5.73 Å². The van der Waals surface area contributed by atoms with Crippen molar-refractivity contribution < 1.29 is 0 Å². The first-order valence-electron chi connectivity index (χ1n) is 3.98. The largest absolute Gasteiger partial charge is 0.398 e. The maximum Gasteiger partial charge on any atom is 0.107 e. The Morgan fingerprint density at radius 3 is 2.77 bits per heavy atom. The van der Waals surface area contributed by atoms with Crippen molar-refractivity contribution in [1.82, 2.24) is 0 Å². The summed E-state index contributed by atoms with van der Waals surface area (Å²) in [4.78, 5) is 1.43. The highest BCUT2D eigenvalue weighted by Crippen LogP contribution is 2.26. The van der Waals surface area contributed by atoms with E-state index in [1.54, 1.807) is 11.8 Å². The van der Waals surface area contributed by atoms with Crippen LogP contribution in [0.25, 0.3) is 0 Å². The van der Waals surface area contributed by atoms with Crippen molar-refractivity contribution in [3.05, 3.63) is 23.8 Å². The average Bonchev–Trinajstić information content (AvgIpc) is 2.04. The van der Waals surface area contributed by atoms with Crippen LogP contribution in [0.5, 0.6) is 0 Å².